The number of rotatable bonds is 4. The molecular formula is C21H22O10. The molecule has 0 unspecified atom stereocenters. The summed E-state index contributed by atoms with van der Waals surface area (Å²) in [6, 6.07) is 8.56. The van der Waals surface area contributed by atoms with Crippen molar-refractivity contribution in [1.82, 2.24) is 0 Å². The maximum Gasteiger partial charge on any atom is 0.229 e. The molecule has 10 heteroatoms. The van der Waals surface area contributed by atoms with E-state index in [2.05, 4.69) is 0 Å². The third-order valence-corrected chi connectivity index (χ3v) is 5.33. The summed E-state index contributed by atoms with van der Waals surface area (Å²) in [6.45, 7) is -0.640. The third-order valence-electron chi connectivity index (χ3n) is 5.33. The number of aliphatic hydroxyl groups is 4. The van der Waals surface area contributed by atoms with Crippen LogP contribution in [-0.2, 0) is 4.74 Å². The fraction of sp³-hybridized carbons (Fsp3) is 0.381. The third kappa shape index (κ3) is 4.03. The van der Waals surface area contributed by atoms with Crippen LogP contribution in [0.5, 0.6) is 23.0 Å². The SMILES string of the molecule is O=C1C[C@H](c2ccc(O)cc2)Oc2cc(O)cc(O[C@H]3O[C@@H](CO)[C@H](O)[C@H](O)[C@@H]3O)c21. The van der Waals surface area contributed by atoms with Crippen molar-refractivity contribution in [2.24, 2.45) is 0 Å². The molecule has 31 heavy (non-hydrogen) atoms. The van der Waals surface area contributed by atoms with E-state index >= 15 is 0 Å². The molecule has 1 fully saturated rings. The summed E-state index contributed by atoms with van der Waals surface area (Å²) in [6.07, 6.45) is -8.31. The fourth-order valence-corrected chi connectivity index (χ4v) is 3.67. The van der Waals surface area contributed by atoms with Crippen molar-refractivity contribution in [1.29, 1.82) is 0 Å². The van der Waals surface area contributed by atoms with Crippen LogP contribution in [0.2, 0.25) is 0 Å². The molecule has 0 bridgehead atoms. The van der Waals surface area contributed by atoms with Gasteiger partial charge in [0, 0.05) is 12.1 Å². The van der Waals surface area contributed by atoms with E-state index in [-0.39, 0.29) is 40.8 Å². The number of hydrogen-bond acceptors (Lipinski definition) is 10. The van der Waals surface area contributed by atoms with Gasteiger partial charge >= 0.3 is 0 Å². The van der Waals surface area contributed by atoms with Crippen LogP contribution >= 0.6 is 0 Å². The number of Topliss-reactive ketones (excluding diaryl/α,β-unsaturated/α-hetero) is 1. The number of benzene rings is 2. The lowest BCUT2D eigenvalue weighted by atomic mass is 9.95. The minimum atomic E-state index is -1.68. The maximum absolute atomic E-state index is 12.9. The highest BCUT2D eigenvalue weighted by Crippen LogP contribution is 2.43. The van der Waals surface area contributed by atoms with Crippen LogP contribution in [0.25, 0.3) is 0 Å². The zero-order chi connectivity index (χ0) is 22.3. The van der Waals surface area contributed by atoms with Gasteiger partial charge in [-0.2, -0.15) is 0 Å². The predicted octanol–water partition coefficient (Wildman–Crippen LogP) is -0.0170. The summed E-state index contributed by atoms with van der Waals surface area (Å²) in [7, 11) is 0. The van der Waals surface area contributed by atoms with Crippen molar-refractivity contribution in [3.8, 4) is 23.0 Å². The molecule has 0 radical (unpaired) electrons. The first-order chi connectivity index (χ1) is 14.8. The Labute approximate surface area is 176 Å². The van der Waals surface area contributed by atoms with Gasteiger partial charge < -0.3 is 44.8 Å². The summed E-state index contributed by atoms with van der Waals surface area (Å²) in [5, 5.41) is 58.9. The lowest BCUT2D eigenvalue weighted by Gasteiger charge is -2.40. The van der Waals surface area contributed by atoms with Gasteiger partial charge in [-0.3, -0.25) is 4.79 Å². The minimum absolute atomic E-state index is 0.0183. The topological polar surface area (TPSA) is 166 Å². The molecule has 0 aliphatic carbocycles. The molecule has 1 saturated heterocycles. The number of ether oxygens (including phenoxy) is 3. The van der Waals surface area contributed by atoms with Crippen molar-refractivity contribution < 1.29 is 49.6 Å². The Hall–Kier alpha value is -2.89. The van der Waals surface area contributed by atoms with Gasteiger partial charge in [0.2, 0.25) is 6.29 Å². The van der Waals surface area contributed by atoms with Crippen LogP contribution in [0.4, 0.5) is 0 Å². The Morgan fingerprint density at radius 1 is 0.968 bits per heavy atom. The van der Waals surface area contributed by atoms with Crippen LogP contribution in [0.15, 0.2) is 36.4 Å². The largest absolute Gasteiger partial charge is 0.508 e. The molecule has 166 valence electrons. The summed E-state index contributed by atoms with van der Waals surface area (Å²) < 4.78 is 16.8. The minimum Gasteiger partial charge on any atom is -0.508 e. The summed E-state index contributed by atoms with van der Waals surface area (Å²) in [5.74, 6) is -0.669. The normalized spacial score (nSPS) is 30.4. The molecule has 4 rings (SSSR count). The smallest absolute Gasteiger partial charge is 0.229 e. The number of fused-ring (bicyclic) bond motifs is 1. The van der Waals surface area contributed by atoms with Gasteiger partial charge in [-0.1, -0.05) is 12.1 Å². The quantitative estimate of drug-likeness (QED) is 0.385. The Bertz CT molecular complexity index is 957. The van der Waals surface area contributed by atoms with Crippen LogP contribution in [-0.4, -0.2) is 73.7 Å². The van der Waals surface area contributed by atoms with E-state index in [0.717, 1.165) is 6.07 Å². The van der Waals surface area contributed by atoms with E-state index in [1.54, 1.807) is 12.1 Å². The molecule has 6 atom stereocenters. The van der Waals surface area contributed by atoms with Crippen molar-refractivity contribution in [2.45, 2.75) is 43.2 Å². The zero-order valence-corrected chi connectivity index (χ0v) is 16.2. The number of aromatic hydroxyl groups is 2. The molecule has 0 saturated carbocycles. The van der Waals surface area contributed by atoms with E-state index < -0.39 is 43.4 Å². The van der Waals surface area contributed by atoms with Gasteiger partial charge in [-0.25, -0.2) is 0 Å². The molecule has 0 amide bonds. The van der Waals surface area contributed by atoms with Gasteiger partial charge in [0.05, 0.1) is 13.0 Å². The number of phenolic OH excluding ortho intramolecular Hbond substituents is 2. The van der Waals surface area contributed by atoms with Gasteiger partial charge in [-0.15, -0.1) is 0 Å². The van der Waals surface area contributed by atoms with Gasteiger partial charge in [0.1, 0.15) is 59.1 Å². The highest BCUT2D eigenvalue weighted by atomic mass is 16.7. The molecule has 2 aliphatic rings. The van der Waals surface area contributed by atoms with E-state index in [1.807, 2.05) is 0 Å². The summed E-state index contributed by atoms with van der Waals surface area (Å²) in [5.41, 5.74) is 0.668. The average molecular weight is 434 g/mol. The van der Waals surface area contributed by atoms with E-state index in [0.29, 0.717) is 5.56 Å². The van der Waals surface area contributed by atoms with Gasteiger partial charge in [-0.05, 0) is 17.7 Å². The molecule has 10 nitrogen and oxygen atoms in total. The first-order valence-corrected chi connectivity index (χ1v) is 9.61. The standard InChI is InChI=1S/C21H22O10/c22-8-16-18(26)19(27)20(28)21(31-16)30-15-6-11(24)5-14-17(15)12(25)7-13(29-14)9-1-3-10(23)4-2-9/h1-6,13,16,18-24,26-28H,7-8H2/t13-,16+,18+,19+,20+,21+/m1/s1. The number of hydrogen-bond donors (Lipinski definition) is 6. The number of carbonyl (C=O) groups excluding carboxylic acids is 1. The predicted molar refractivity (Wildman–Crippen MR) is 103 cm³/mol. The molecule has 0 spiro atoms. The number of ketones is 1. The Morgan fingerprint density at radius 3 is 2.35 bits per heavy atom. The zero-order valence-electron chi connectivity index (χ0n) is 16.2. The van der Waals surface area contributed by atoms with Crippen molar-refractivity contribution >= 4 is 5.78 Å². The number of carbonyl (C=O) groups is 1. The van der Waals surface area contributed by atoms with Crippen molar-refractivity contribution in [3.05, 3.63) is 47.5 Å². The first-order valence-electron chi connectivity index (χ1n) is 9.61. The van der Waals surface area contributed by atoms with E-state index in [1.165, 1.54) is 18.2 Å². The average Bonchev–Trinajstić information content (AvgIpc) is 2.74. The van der Waals surface area contributed by atoms with Crippen LogP contribution in [0.1, 0.15) is 28.4 Å². The van der Waals surface area contributed by atoms with Gasteiger partial charge in [0.25, 0.3) is 0 Å². The number of phenols is 2. The molecule has 2 aromatic carbocycles. The Morgan fingerprint density at radius 2 is 1.68 bits per heavy atom. The monoisotopic (exact) mass is 434 g/mol. The van der Waals surface area contributed by atoms with Crippen molar-refractivity contribution in [2.75, 3.05) is 6.61 Å². The fourth-order valence-electron chi connectivity index (χ4n) is 3.67. The van der Waals surface area contributed by atoms with Crippen molar-refractivity contribution in [3.63, 3.8) is 0 Å². The molecule has 6 N–H and O–H groups in total. The maximum atomic E-state index is 12.9. The lowest BCUT2D eigenvalue weighted by molar-refractivity contribution is -0.277. The number of aliphatic hydroxyl groups excluding tert-OH is 4. The highest BCUT2D eigenvalue weighted by molar-refractivity contribution is 6.02. The van der Waals surface area contributed by atoms with Gasteiger partial charge in [0.15, 0.2) is 5.78 Å². The molecule has 0 aromatic heterocycles. The molecule has 2 heterocycles. The second-order valence-corrected chi connectivity index (χ2v) is 7.46. The van der Waals surface area contributed by atoms with E-state index in [4.69, 9.17) is 14.2 Å². The molecule has 2 aromatic rings. The lowest BCUT2D eigenvalue weighted by Crippen LogP contribution is -2.60. The first kappa shape index (κ1) is 21.3. The van der Waals surface area contributed by atoms with Crippen LogP contribution < -0.4 is 9.47 Å². The summed E-state index contributed by atoms with van der Waals surface area (Å²) in [4.78, 5) is 12.9. The van der Waals surface area contributed by atoms with Crippen LogP contribution in [0.3, 0.4) is 0 Å². The Kier molecular flexibility index (Phi) is 5.73. The molecule has 2 aliphatic heterocycles. The molecular weight excluding hydrogens is 412 g/mol. The highest BCUT2D eigenvalue weighted by Gasteiger charge is 2.45. The summed E-state index contributed by atoms with van der Waals surface area (Å²) >= 11 is 0. The second kappa shape index (κ2) is 8.33. The second-order valence-electron chi connectivity index (χ2n) is 7.46. The van der Waals surface area contributed by atoms with Crippen LogP contribution in [0, 0.1) is 0 Å². The Balaban J connectivity index is 1.63. The van der Waals surface area contributed by atoms with E-state index in [9.17, 15) is 35.4 Å².